The van der Waals surface area contributed by atoms with Crippen LogP contribution in [0, 0.1) is 29.6 Å². The third-order valence-electron chi connectivity index (χ3n) is 7.37. The number of hydrogen-bond acceptors (Lipinski definition) is 10. The molecule has 0 aromatic rings. The van der Waals surface area contributed by atoms with Crippen molar-refractivity contribution in [1.29, 1.82) is 0 Å². The number of rotatable bonds is 14. The van der Waals surface area contributed by atoms with Crippen molar-refractivity contribution < 1.29 is 45.6 Å². The van der Waals surface area contributed by atoms with Crippen molar-refractivity contribution in [1.82, 2.24) is 0 Å². The van der Waals surface area contributed by atoms with E-state index in [2.05, 4.69) is 0 Å². The third kappa shape index (κ3) is 16.3. The molecular weight excluding hydrogens is 608 g/mol. The van der Waals surface area contributed by atoms with E-state index < -0.39 is 36.6 Å². The first-order valence-electron chi connectivity index (χ1n) is 14.9. The minimum Gasteiger partial charge on any atom is -0.299 e. The molecule has 12 heteroatoms. The summed E-state index contributed by atoms with van der Waals surface area (Å²) in [6.07, 6.45) is 3.91. The van der Waals surface area contributed by atoms with Gasteiger partial charge in [-0.3, -0.25) is 28.8 Å². The van der Waals surface area contributed by atoms with Crippen molar-refractivity contribution in [2.45, 2.75) is 121 Å². The molecule has 0 bridgehead atoms. The highest BCUT2D eigenvalue weighted by Gasteiger charge is 2.45. The lowest BCUT2D eigenvalue weighted by Crippen LogP contribution is -2.26. The van der Waals surface area contributed by atoms with Crippen LogP contribution in [0.3, 0.4) is 0 Å². The van der Waals surface area contributed by atoms with Crippen LogP contribution < -0.4 is 0 Å². The van der Waals surface area contributed by atoms with Gasteiger partial charge in [0.1, 0.15) is 34.7 Å². The molecule has 5 atom stereocenters. The van der Waals surface area contributed by atoms with Gasteiger partial charge >= 0.3 is 0 Å². The van der Waals surface area contributed by atoms with Gasteiger partial charge in [-0.25, -0.2) is 16.8 Å². The van der Waals surface area contributed by atoms with Gasteiger partial charge in [0.05, 0.1) is 29.8 Å². The molecule has 0 aromatic heterocycles. The molecule has 5 unspecified atom stereocenters. The molecule has 44 heavy (non-hydrogen) atoms. The SMILES string of the molecule is C.C.CC1CC(=O)C(CC2C(=O)CC(C)C2=O)C1=O.CCCC(=O)CC(=O)C(C)CC.CCCS(=O)(=O)CS(=O)(=O)CCC. The van der Waals surface area contributed by atoms with Gasteiger partial charge < -0.3 is 0 Å². The monoisotopic (exact) mass is 666 g/mol. The second-order valence-electron chi connectivity index (χ2n) is 11.5. The minimum atomic E-state index is -3.40. The summed E-state index contributed by atoms with van der Waals surface area (Å²) in [5.41, 5.74) is 0. The lowest BCUT2D eigenvalue weighted by molar-refractivity contribution is -0.133. The smallest absolute Gasteiger partial charge is 0.164 e. The lowest BCUT2D eigenvalue weighted by atomic mass is 9.88. The topological polar surface area (TPSA) is 171 Å². The number of carbonyl (C=O) groups excluding carboxylic acids is 6. The first-order valence-corrected chi connectivity index (χ1v) is 18.6. The van der Waals surface area contributed by atoms with Gasteiger partial charge in [-0.05, 0) is 32.1 Å². The summed E-state index contributed by atoms with van der Waals surface area (Å²) in [4.78, 5) is 69.1. The van der Waals surface area contributed by atoms with Crippen LogP contribution in [0.1, 0.15) is 121 Å². The second-order valence-corrected chi connectivity index (χ2v) is 16.3. The van der Waals surface area contributed by atoms with Gasteiger partial charge in [0, 0.05) is 37.0 Å². The van der Waals surface area contributed by atoms with Crippen molar-refractivity contribution in [3.63, 3.8) is 0 Å². The maximum absolute atomic E-state index is 11.8. The molecule has 0 N–H and O–H groups in total. The number of ketones is 6. The maximum Gasteiger partial charge on any atom is 0.164 e. The number of hydrogen-bond donors (Lipinski definition) is 0. The Bertz CT molecular complexity index is 1110. The molecule has 2 rings (SSSR count). The van der Waals surface area contributed by atoms with Crippen LogP contribution in [0.2, 0.25) is 0 Å². The third-order valence-corrected chi connectivity index (χ3v) is 12.3. The number of carbonyl (C=O) groups is 6. The van der Waals surface area contributed by atoms with Crippen LogP contribution in [0.4, 0.5) is 0 Å². The Balaban J connectivity index is -0.000000573. The quantitative estimate of drug-likeness (QED) is 0.225. The predicted octanol–water partition coefficient (Wildman–Crippen LogP) is 5.19. The Morgan fingerprint density at radius 2 is 1.11 bits per heavy atom. The molecule has 0 amide bonds. The molecule has 2 aliphatic carbocycles. The van der Waals surface area contributed by atoms with Crippen molar-refractivity contribution in [3.05, 3.63) is 0 Å². The van der Waals surface area contributed by atoms with Crippen LogP contribution in [0.5, 0.6) is 0 Å². The van der Waals surface area contributed by atoms with E-state index in [9.17, 15) is 45.6 Å². The largest absolute Gasteiger partial charge is 0.299 e. The van der Waals surface area contributed by atoms with E-state index in [-0.39, 0.29) is 104 Å². The van der Waals surface area contributed by atoms with Gasteiger partial charge in [-0.1, -0.05) is 63.3 Å². The minimum absolute atomic E-state index is 0. The van der Waals surface area contributed by atoms with Crippen LogP contribution in [0.15, 0.2) is 0 Å². The fourth-order valence-electron chi connectivity index (χ4n) is 4.80. The Morgan fingerprint density at radius 1 is 0.727 bits per heavy atom. The summed E-state index contributed by atoms with van der Waals surface area (Å²) < 4.78 is 44.6. The zero-order valence-electron chi connectivity index (χ0n) is 26.3. The van der Waals surface area contributed by atoms with Crippen molar-refractivity contribution in [2.24, 2.45) is 29.6 Å². The van der Waals surface area contributed by atoms with E-state index in [0.717, 1.165) is 12.8 Å². The molecule has 2 saturated carbocycles. The summed E-state index contributed by atoms with van der Waals surface area (Å²) in [6, 6.07) is 0. The normalized spacial score (nSPS) is 22.1. The van der Waals surface area contributed by atoms with Gasteiger partial charge in [0.25, 0.3) is 0 Å². The molecule has 0 saturated heterocycles. The van der Waals surface area contributed by atoms with Gasteiger partial charge in [0.2, 0.25) is 0 Å². The summed E-state index contributed by atoms with van der Waals surface area (Å²) in [7, 11) is -6.80. The molecule has 2 fully saturated rings. The first-order chi connectivity index (χ1) is 19.4. The summed E-state index contributed by atoms with van der Waals surface area (Å²) in [5, 5.41) is -0.693. The summed E-state index contributed by atoms with van der Waals surface area (Å²) in [5.74, 6) is -2.22. The molecule has 10 nitrogen and oxygen atoms in total. The Morgan fingerprint density at radius 3 is 1.39 bits per heavy atom. The van der Waals surface area contributed by atoms with Crippen molar-refractivity contribution in [2.75, 3.05) is 16.6 Å². The molecule has 0 radical (unpaired) electrons. The fourth-order valence-corrected chi connectivity index (χ4v) is 9.18. The molecule has 0 aliphatic heterocycles. The Labute approximate surface area is 266 Å². The second kappa shape index (κ2) is 21.6. The van der Waals surface area contributed by atoms with Crippen molar-refractivity contribution >= 4 is 54.4 Å². The molecule has 2 aliphatic rings. The average Bonchev–Trinajstić information content (AvgIpc) is 3.25. The zero-order chi connectivity index (χ0) is 32.8. The van der Waals surface area contributed by atoms with E-state index in [1.807, 2.05) is 20.8 Å². The number of sulfone groups is 2. The highest BCUT2D eigenvalue weighted by molar-refractivity contribution is 8.08. The molecular formula is C32H58O10S2. The van der Waals surface area contributed by atoms with E-state index in [1.54, 1.807) is 27.7 Å². The molecule has 0 heterocycles. The van der Waals surface area contributed by atoms with E-state index >= 15 is 0 Å². The van der Waals surface area contributed by atoms with Crippen LogP contribution >= 0.6 is 0 Å². The molecule has 0 aromatic carbocycles. The molecule has 0 spiro atoms. The summed E-state index contributed by atoms with van der Waals surface area (Å²) in [6.45, 7) is 12.7. The molecule has 258 valence electrons. The van der Waals surface area contributed by atoms with Crippen LogP contribution in [-0.2, 0) is 48.4 Å². The van der Waals surface area contributed by atoms with E-state index in [0.29, 0.717) is 19.3 Å². The van der Waals surface area contributed by atoms with Gasteiger partial charge in [-0.15, -0.1) is 0 Å². The van der Waals surface area contributed by atoms with Crippen LogP contribution in [-0.4, -0.2) is 68.1 Å². The standard InChI is InChI=1S/C13H16O4.C10H18O2.C7H16O4S2.2CH4/c1-6-3-10(14)8(12(6)16)5-9-11(15)4-7(2)13(9)17;1-4-6-9(11)7-10(12)8(3)5-2;1-3-5-12(8,9)7-13(10,11)6-4-2;;/h6-9H,3-5H2,1-2H3;8H,4-7H2,1-3H3;3-7H2,1-2H3;2*1H4. The predicted molar refractivity (Wildman–Crippen MR) is 175 cm³/mol. The fraction of sp³-hybridized carbons (Fsp3) is 0.812. The van der Waals surface area contributed by atoms with E-state index in [4.69, 9.17) is 0 Å². The van der Waals surface area contributed by atoms with E-state index in [1.165, 1.54) is 0 Å². The Hall–Kier alpha value is -2.08. The summed E-state index contributed by atoms with van der Waals surface area (Å²) >= 11 is 0. The average molecular weight is 667 g/mol. The highest BCUT2D eigenvalue weighted by atomic mass is 32.3. The van der Waals surface area contributed by atoms with Crippen LogP contribution in [0.25, 0.3) is 0 Å². The first kappa shape index (κ1) is 46.3. The highest BCUT2D eigenvalue weighted by Crippen LogP contribution is 2.34. The Kier molecular flexibility index (Phi) is 22.8. The number of Topliss-reactive ketones (excluding diaryl/α,β-unsaturated/α-hetero) is 6. The lowest BCUT2D eigenvalue weighted by Gasteiger charge is -2.11. The zero-order valence-corrected chi connectivity index (χ0v) is 27.9. The van der Waals surface area contributed by atoms with Gasteiger partial charge in [0.15, 0.2) is 24.8 Å². The van der Waals surface area contributed by atoms with Gasteiger partial charge in [-0.2, -0.15) is 0 Å². The maximum atomic E-state index is 11.8. The van der Waals surface area contributed by atoms with Crippen molar-refractivity contribution in [3.8, 4) is 0 Å².